The van der Waals surface area contributed by atoms with Crippen LogP contribution in [0.2, 0.25) is 0 Å². The van der Waals surface area contributed by atoms with Crippen molar-refractivity contribution in [3.8, 4) is 0 Å². The fourth-order valence-corrected chi connectivity index (χ4v) is 0. The first kappa shape index (κ1) is 9.62. The van der Waals surface area contributed by atoms with Gasteiger partial charge in [-0.25, -0.2) is 0 Å². The summed E-state index contributed by atoms with van der Waals surface area (Å²) in [4.78, 5) is 8.31. The second-order valence-electron chi connectivity index (χ2n) is 0.440. The molecule has 0 aliphatic rings. The van der Waals surface area contributed by atoms with Crippen LogP contribution >= 0.6 is 9.42 Å². The Hall–Kier alpha value is 0.378. The predicted molar refractivity (Wildman–Crippen MR) is 18.8 cm³/mol. The first-order valence-electron chi connectivity index (χ1n) is 0.932. The molecule has 0 N–H and O–H groups in total. The van der Waals surface area contributed by atoms with E-state index in [1.54, 1.807) is 18.8 Å². The Morgan fingerprint density at radius 3 is 1.83 bits per heavy atom. The Bertz CT molecular complexity index is 36.5. The van der Waals surface area contributed by atoms with Gasteiger partial charge >= 0.3 is 28.2 Å². The van der Waals surface area contributed by atoms with E-state index >= 15 is 0 Å². The van der Waals surface area contributed by atoms with Crippen LogP contribution < -0.4 is 0 Å². The quantitative estimate of drug-likeness (QED) is 0.484. The summed E-state index contributed by atoms with van der Waals surface area (Å²) in [5.74, 6) is 0. The summed E-state index contributed by atoms with van der Waals surface area (Å²) in [7, 11) is 5.50. The van der Waals surface area contributed by atoms with E-state index in [4.69, 9.17) is 10.1 Å². The van der Waals surface area contributed by atoms with Gasteiger partial charge in [0.1, 0.15) is 0 Å². The molecule has 0 aliphatic carbocycles. The normalized spacial score (nSPS) is 5.33. The molecule has 0 saturated carbocycles. The topological polar surface area (TPSA) is 43.1 Å². The van der Waals surface area contributed by atoms with Gasteiger partial charge in [0.2, 0.25) is 0 Å². The molecule has 0 fully saturated rings. The zero-order valence-corrected chi connectivity index (χ0v) is 5.99. The summed E-state index contributed by atoms with van der Waals surface area (Å²) in [5.41, 5.74) is 0. The van der Waals surface area contributed by atoms with Gasteiger partial charge in [-0.3, -0.25) is 10.1 Å². The molecule has 0 aromatic carbocycles. The molecule has 0 atom stereocenters. The van der Waals surface area contributed by atoms with Crippen molar-refractivity contribution in [2.75, 3.05) is 7.05 Å². The molecule has 0 aromatic rings. The van der Waals surface area contributed by atoms with E-state index in [9.17, 15) is 0 Å². The molecule has 0 spiro atoms. The third-order valence-corrected chi connectivity index (χ3v) is 0. The molecule has 0 heterocycles. The third-order valence-electron chi connectivity index (χ3n) is 0. The second kappa shape index (κ2) is 9.03. The van der Waals surface area contributed by atoms with Crippen molar-refractivity contribution in [2.45, 2.75) is 0 Å². The van der Waals surface area contributed by atoms with Gasteiger partial charge < -0.3 is 0 Å². The monoisotopic (exact) mass is 291 g/mol. The van der Waals surface area contributed by atoms with E-state index in [2.05, 4.69) is 9.42 Å². The number of halogens is 1. The van der Waals surface area contributed by atoms with Gasteiger partial charge in [0, 0.05) is 4.92 Å². The Morgan fingerprint density at radius 2 is 1.83 bits per heavy atom. The first-order chi connectivity index (χ1) is 2.73. The molecule has 0 amide bonds. The Balaban J connectivity index is 0. The molecule has 0 unspecified atom stereocenters. The SMILES string of the molecule is C[N+](=O)[O-].[Cl][Pt]. The molecular formula is CH3ClNO2Pt. The molecule has 0 aromatic heterocycles. The van der Waals surface area contributed by atoms with Crippen LogP contribution in [0.25, 0.3) is 0 Å². The van der Waals surface area contributed by atoms with Crippen molar-refractivity contribution >= 4 is 9.42 Å². The average molecular weight is 292 g/mol. The Labute approximate surface area is 50.7 Å². The summed E-state index contributed by atoms with van der Waals surface area (Å²) >= 11 is 1.61. The van der Waals surface area contributed by atoms with Crippen molar-refractivity contribution in [3.05, 3.63) is 10.1 Å². The van der Waals surface area contributed by atoms with E-state index in [1.807, 2.05) is 0 Å². The van der Waals surface area contributed by atoms with Crippen LogP contribution in [0.3, 0.4) is 0 Å². The summed E-state index contributed by atoms with van der Waals surface area (Å²) in [5, 5.41) is 8.81. The number of rotatable bonds is 0. The minimum atomic E-state index is -0.500. The van der Waals surface area contributed by atoms with Gasteiger partial charge in [-0.15, -0.1) is 0 Å². The van der Waals surface area contributed by atoms with Crippen LogP contribution in [0.1, 0.15) is 0 Å². The van der Waals surface area contributed by atoms with E-state index in [1.165, 1.54) is 0 Å². The molecular weight excluding hydrogens is 289 g/mol. The zero-order valence-electron chi connectivity index (χ0n) is 2.96. The number of nitro groups is 1. The van der Waals surface area contributed by atoms with Gasteiger partial charge in [0.15, 0.2) is 7.05 Å². The zero-order chi connectivity index (χ0) is 5.58. The molecule has 41 valence electrons. The van der Waals surface area contributed by atoms with Gasteiger partial charge in [-0.05, 0) is 0 Å². The Morgan fingerprint density at radius 1 is 1.83 bits per heavy atom. The maximum atomic E-state index is 8.81. The van der Waals surface area contributed by atoms with Gasteiger partial charge in [-0.1, -0.05) is 0 Å². The first-order valence-corrected chi connectivity index (χ1v) is 3.75. The minimum absolute atomic E-state index is 0.500. The molecule has 0 radical (unpaired) electrons. The molecule has 6 heavy (non-hydrogen) atoms. The van der Waals surface area contributed by atoms with Crippen molar-refractivity contribution in [3.63, 3.8) is 0 Å². The second-order valence-corrected chi connectivity index (χ2v) is 0.440. The molecule has 0 rings (SSSR count). The van der Waals surface area contributed by atoms with Gasteiger partial charge in [0.25, 0.3) is 0 Å². The van der Waals surface area contributed by atoms with E-state index in [0.29, 0.717) is 0 Å². The van der Waals surface area contributed by atoms with Crippen LogP contribution in [0.5, 0.6) is 0 Å². The maximum absolute atomic E-state index is 8.81. The van der Waals surface area contributed by atoms with Crippen molar-refractivity contribution < 1.29 is 23.7 Å². The summed E-state index contributed by atoms with van der Waals surface area (Å²) in [6.07, 6.45) is 0. The van der Waals surface area contributed by atoms with E-state index in [-0.39, 0.29) is 0 Å². The van der Waals surface area contributed by atoms with Crippen molar-refractivity contribution in [1.29, 1.82) is 0 Å². The van der Waals surface area contributed by atoms with Gasteiger partial charge in [-0.2, -0.15) is 0 Å². The number of nitrogens with zero attached hydrogens (tertiary/aromatic N) is 1. The fraction of sp³-hybridized carbons (Fsp3) is 1.00. The van der Waals surface area contributed by atoms with Crippen LogP contribution in [0.4, 0.5) is 0 Å². The molecule has 5 heteroatoms. The van der Waals surface area contributed by atoms with Crippen molar-refractivity contribution in [1.82, 2.24) is 0 Å². The number of hydrogen-bond donors (Lipinski definition) is 0. The van der Waals surface area contributed by atoms with E-state index < -0.39 is 4.92 Å². The van der Waals surface area contributed by atoms with Gasteiger partial charge in [0.05, 0.1) is 0 Å². The van der Waals surface area contributed by atoms with Crippen LogP contribution in [-0.2, 0) is 18.8 Å². The summed E-state index contributed by atoms with van der Waals surface area (Å²) in [6.45, 7) is 0. The summed E-state index contributed by atoms with van der Waals surface area (Å²) in [6, 6.07) is 0. The molecule has 0 saturated heterocycles. The fourth-order valence-electron chi connectivity index (χ4n) is 0. The van der Waals surface area contributed by atoms with E-state index in [0.717, 1.165) is 7.05 Å². The van der Waals surface area contributed by atoms with Crippen LogP contribution in [0.15, 0.2) is 0 Å². The standard InChI is InChI=1S/CH3NO2.ClH.Pt/c1-2(3)4;;/h1H3;1H;/q;;+1/p-1. The average Bonchev–Trinajstić information content (AvgIpc) is 1.41. The molecule has 0 aliphatic heterocycles. The molecule has 0 bridgehead atoms. The predicted octanol–water partition coefficient (Wildman–Crippen LogP) is 0.580. The van der Waals surface area contributed by atoms with Crippen LogP contribution in [-0.4, -0.2) is 12.0 Å². The van der Waals surface area contributed by atoms with Crippen molar-refractivity contribution in [2.24, 2.45) is 0 Å². The third kappa shape index (κ3) is 349. The summed E-state index contributed by atoms with van der Waals surface area (Å²) < 4.78 is 0. The number of hydrogen-bond acceptors (Lipinski definition) is 2. The van der Waals surface area contributed by atoms with Crippen LogP contribution in [0, 0.1) is 10.1 Å². The Kier molecular flexibility index (Phi) is 14.5. The molecule has 3 nitrogen and oxygen atoms in total.